The molecular formula is C16H25N3O. The van der Waals surface area contributed by atoms with Crippen LogP contribution in [0.2, 0.25) is 0 Å². The Balaban J connectivity index is 1.66. The van der Waals surface area contributed by atoms with Crippen molar-refractivity contribution in [2.75, 3.05) is 0 Å². The van der Waals surface area contributed by atoms with Gasteiger partial charge in [-0.05, 0) is 70.3 Å². The fourth-order valence-electron chi connectivity index (χ4n) is 3.45. The Morgan fingerprint density at radius 1 is 1.25 bits per heavy atom. The van der Waals surface area contributed by atoms with Crippen molar-refractivity contribution < 1.29 is 4.79 Å². The van der Waals surface area contributed by atoms with Crippen LogP contribution >= 0.6 is 0 Å². The molecule has 0 saturated heterocycles. The minimum absolute atomic E-state index is 0.0231. The molecule has 2 aliphatic carbocycles. The Kier molecular flexibility index (Phi) is 3.57. The minimum Gasteiger partial charge on any atom is -0.348 e. The number of carbonyl (C=O) groups excluding carboxylic acids is 1. The summed E-state index contributed by atoms with van der Waals surface area (Å²) < 4.78 is 1.80. The van der Waals surface area contributed by atoms with E-state index in [1.807, 2.05) is 19.9 Å². The van der Waals surface area contributed by atoms with E-state index >= 15 is 0 Å². The van der Waals surface area contributed by atoms with Gasteiger partial charge in [0.1, 0.15) is 5.69 Å². The van der Waals surface area contributed by atoms with Crippen LogP contribution in [-0.4, -0.2) is 21.7 Å². The summed E-state index contributed by atoms with van der Waals surface area (Å²) in [4.78, 5) is 12.5. The fraction of sp³-hybridized carbons (Fsp3) is 0.750. The third-order valence-electron chi connectivity index (χ3n) is 4.66. The lowest BCUT2D eigenvalue weighted by Crippen LogP contribution is -2.40. The number of hydrogen-bond acceptors (Lipinski definition) is 2. The van der Waals surface area contributed by atoms with Crippen molar-refractivity contribution in [1.82, 2.24) is 15.1 Å². The maximum atomic E-state index is 12.5. The first-order chi connectivity index (χ1) is 9.58. The van der Waals surface area contributed by atoms with E-state index in [0.717, 1.165) is 11.8 Å². The highest BCUT2D eigenvalue weighted by Gasteiger charge is 2.44. The predicted octanol–water partition coefficient (Wildman–Crippen LogP) is 3.02. The van der Waals surface area contributed by atoms with Gasteiger partial charge in [-0.25, -0.2) is 0 Å². The first-order valence-electron chi connectivity index (χ1n) is 7.92. The summed E-state index contributed by atoms with van der Waals surface area (Å²) in [6, 6.07) is 2.30. The number of aromatic nitrogens is 2. The van der Waals surface area contributed by atoms with E-state index in [1.54, 1.807) is 10.9 Å². The second-order valence-corrected chi connectivity index (χ2v) is 6.77. The van der Waals surface area contributed by atoms with Crippen molar-refractivity contribution in [3.05, 3.63) is 18.0 Å². The quantitative estimate of drug-likeness (QED) is 0.867. The molecular weight excluding hydrogens is 250 g/mol. The summed E-state index contributed by atoms with van der Waals surface area (Å²) in [5, 5.41) is 7.46. The van der Waals surface area contributed by atoms with Gasteiger partial charge in [0.15, 0.2) is 0 Å². The van der Waals surface area contributed by atoms with E-state index in [9.17, 15) is 4.79 Å². The molecule has 2 aliphatic rings. The maximum absolute atomic E-state index is 12.5. The van der Waals surface area contributed by atoms with Crippen molar-refractivity contribution in [1.29, 1.82) is 0 Å². The molecule has 1 atom stereocenters. The molecule has 0 radical (unpaired) electrons. The first-order valence-corrected chi connectivity index (χ1v) is 7.92. The van der Waals surface area contributed by atoms with Crippen LogP contribution in [0.1, 0.15) is 63.0 Å². The Labute approximate surface area is 120 Å². The lowest BCUT2D eigenvalue weighted by molar-refractivity contribution is 0.0906. The summed E-state index contributed by atoms with van der Waals surface area (Å²) in [6.45, 7) is 6.27. The van der Waals surface area contributed by atoms with Gasteiger partial charge >= 0.3 is 0 Å². The topological polar surface area (TPSA) is 46.9 Å². The SMILES string of the molecule is CC(NC(=O)c1ccnn1C(C)C)C(C1CC1)C1CC1. The second kappa shape index (κ2) is 5.23. The monoisotopic (exact) mass is 275 g/mol. The van der Waals surface area contributed by atoms with Gasteiger partial charge in [-0.15, -0.1) is 0 Å². The Morgan fingerprint density at radius 2 is 1.85 bits per heavy atom. The predicted molar refractivity (Wildman–Crippen MR) is 78.5 cm³/mol. The molecule has 20 heavy (non-hydrogen) atoms. The summed E-state index contributed by atoms with van der Waals surface area (Å²) in [6.07, 6.45) is 7.12. The van der Waals surface area contributed by atoms with Crippen molar-refractivity contribution >= 4 is 5.91 Å². The van der Waals surface area contributed by atoms with E-state index in [-0.39, 0.29) is 18.0 Å². The molecule has 0 aromatic carbocycles. The van der Waals surface area contributed by atoms with Gasteiger partial charge in [0.2, 0.25) is 0 Å². The van der Waals surface area contributed by atoms with Crippen LogP contribution in [0.4, 0.5) is 0 Å². The highest BCUT2D eigenvalue weighted by Crippen LogP contribution is 2.50. The van der Waals surface area contributed by atoms with Gasteiger partial charge in [-0.3, -0.25) is 9.48 Å². The average Bonchev–Trinajstić information content (AvgIpc) is 3.31. The van der Waals surface area contributed by atoms with E-state index in [4.69, 9.17) is 0 Å². The molecule has 2 fully saturated rings. The molecule has 1 aromatic rings. The smallest absolute Gasteiger partial charge is 0.269 e. The van der Waals surface area contributed by atoms with Crippen LogP contribution in [0.15, 0.2) is 12.3 Å². The van der Waals surface area contributed by atoms with E-state index in [1.165, 1.54) is 25.7 Å². The molecule has 0 aliphatic heterocycles. The number of amides is 1. The van der Waals surface area contributed by atoms with E-state index < -0.39 is 0 Å². The fourth-order valence-corrected chi connectivity index (χ4v) is 3.45. The van der Waals surface area contributed by atoms with Crippen molar-refractivity contribution in [2.24, 2.45) is 17.8 Å². The van der Waals surface area contributed by atoms with Gasteiger partial charge in [0.25, 0.3) is 5.91 Å². The molecule has 1 N–H and O–H groups in total. The molecule has 1 amide bonds. The lowest BCUT2D eigenvalue weighted by Gasteiger charge is -2.25. The molecule has 4 nitrogen and oxygen atoms in total. The van der Waals surface area contributed by atoms with Crippen molar-refractivity contribution in [3.8, 4) is 0 Å². The maximum Gasteiger partial charge on any atom is 0.269 e. The average molecular weight is 275 g/mol. The molecule has 1 heterocycles. The number of hydrogen-bond donors (Lipinski definition) is 1. The van der Waals surface area contributed by atoms with Crippen LogP contribution < -0.4 is 5.32 Å². The standard InChI is InChI=1S/C16H25N3O/c1-10(2)19-14(8-9-17-19)16(20)18-11(3)15(12-4-5-12)13-6-7-13/h8-13,15H,4-7H2,1-3H3,(H,18,20). The number of carbonyl (C=O) groups is 1. The van der Waals surface area contributed by atoms with Gasteiger partial charge in [-0.2, -0.15) is 5.10 Å². The van der Waals surface area contributed by atoms with E-state index in [0.29, 0.717) is 11.6 Å². The number of nitrogens with one attached hydrogen (secondary N) is 1. The van der Waals surface area contributed by atoms with Crippen molar-refractivity contribution in [2.45, 2.75) is 58.5 Å². The number of rotatable bonds is 6. The van der Waals surface area contributed by atoms with Crippen LogP contribution in [-0.2, 0) is 0 Å². The molecule has 3 rings (SSSR count). The molecule has 0 bridgehead atoms. The van der Waals surface area contributed by atoms with Gasteiger partial charge in [0.05, 0.1) is 0 Å². The largest absolute Gasteiger partial charge is 0.348 e. The van der Waals surface area contributed by atoms with Crippen LogP contribution in [0.5, 0.6) is 0 Å². The van der Waals surface area contributed by atoms with Gasteiger partial charge < -0.3 is 5.32 Å². The zero-order valence-corrected chi connectivity index (χ0v) is 12.7. The Morgan fingerprint density at radius 3 is 2.35 bits per heavy atom. The first kappa shape index (κ1) is 13.7. The van der Waals surface area contributed by atoms with Gasteiger partial charge in [-0.1, -0.05) is 0 Å². The molecule has 110 valence electrons. The molecule has 1 unspecified atom stereocenters. The molecule has 1 aromatic heterocycles. The van der Waals surface area contributed by atoms with Gasteiger partial charge in [0, 0.05) is 18.3 Å². The van der Waals surface area contributed by atoms with Crippen molar-refractivity contribution in [3.63, 3.8) is 0 Å². The zero-order chi connectivity index (χ0) is 14.3. The Bertz CT molecular complexity index is 474. The summed E-state index contributed by atoms with van der Waals surface area (Å²) in [5.74, 6) is 2.42. The minimum atomic E-state index is 0.0231. The third kappa shape index (κ3) is 2.74. The third-order valence-corrected chi connectivity index (χ3v) is 4.66. The normalized spacial score (nSPS) is 20.4. The molecule has 0 spiro atoms. The lowest BCUT2D eigenvalue weighted by atomic mass is 9.90. The van der Waals surface area contributed by atoms with Crippen LogP contribution in [0, 0.1) is 17.8 Å². The van der Waals surface area contributed by atoms with Crippen LogP contribution in [0.3, 0.4) is 0 Å². The highest BCUT2D eigenvalue weighted by atomic mass is 16.2. The summed E-state index contributed by atoms with van der Waals surface area (Å²) >= 11 is 0. The second-order valence-electron chi connectivity index (χ2n) is 6.77. The summed E-state index contributed by atoms with van der Waals surface area (Å²) in [7, 11) is 0. The van der Waals surface area contributed by atoms with Crippen LogP contribution in [0.25, 0.3) is 0 Å². The van der Waals surface area contributed by atoms with E-state index in [2.05, 4.69) is 17.3 Å². The zero-order valence-electron chi connectivity index (χ0n) is 12.7. The highest BCUT2D eigenvalue weighted by molar-refractivity contribution is 5.92. The Hall–Kier alpha value is -1.32. The number of nitrogens with zero attached hydrogens (tertiary/aromatic N) is 2. The molecule has 4 heteroatoms. The summed E-state index contributed by atoms with van der Waals surface area (Å²) in [5.41, 5.74) is 0.678. The molecule has 2 saturated carbocycles.